The molecule has 3 rings (SSSR count). The number of nitrogens with one attached hydrogen (secondary N) is 1. The highest BCUT2D eigenvalue weighted by Gasteiger charge is 2.30. The molecule has 0 spiro atoms. The number of nitrogens with zero attached hydrogens (tertiary/aromatic N) is 1. The number of thioether (sulfide) groups is 1. The maximum atomic E-state index is 13.6. The molecule has 0 radical (unpaired) electrons. The molecule has 35 heavy (non-hydrogen) atoms. The quantitative estimate of drug-likeness (QED) is 0.317. The van der Waals surface area contributed by atoms with Gasteiger partial charge in [-0.1, -0.05) is 89.4 Å². The normalized spacial score (nSPS) is 11.7. The molecule has 2 amide bonds. The number of halogens is 2. The SMILES string of the molecule is CCNC(=O)C(Cc1ccccc1)N(Cc1ccc(Cl)cc1Cl)C(=O)CSCc1cccc(C)c1. The summed E-state index contributed by atoms with van der Waals surface area (Å²) in [6, 6.07) is 22.5. The molecule has 7 heteroatoms. The Morgan fingerprint density at radius 3 is 2.40 bits per heavy atom. The van der Waals surface area contributed by atoms with Gasteiger partial charge in [0, 0.05) is 35.3 Å². The topological polar surface area (TPSA) is 49.4 Å². The smallest absolute Gasteiger partial charge is 0.243 e. The van der Waals surface area contributed by atoms with Crippen LogP contribution in [0.25, 0.3) is 0 Å². The second kappa shape index (κ2) is 13.6. The first-order valence-corrected chi connectivity index (χ1v) is 13.5. The monoisotopic (exact) mass is 528 g/mol. The van der Waals surface area contributed by atoms with Gasteiger partial charge in [0.05, 0.1) is 5.75 Å². The lowest BCUT2D eigenvalue weighted by Gasteiger charge is -2.31. The summed E-state index contributed by atoms with van der Waals surface area (Å²) < 4.78 is 0. The van der Waals surface area contributed by atoms with Gasteiger partial charge >= 0.3 is 0 Å². The first-order valence-electron chi connectivity index (χ1n) is 11.6. The molecule has 0 aromatic heterocycles. The lowest BCUT2D eigenvalue weighted by molar-refractivity contribution is -0.139. The number of hydrogen-bond acceptors (Lipinski definition) is 3. The van der Waals surface area contributed by atoms with Crippen LogP contribution >= 0.6 is 35.0 Å². The van der Waals surface area contributed by atoms with E-state index in [2.05, 4.69) is 30.4 Å². The van der Waals surface area contributed by atoms with E-state index < -0.39 is 6.04 Å². The highest BCUT2D eigenvalue weighted by Crippen LogP contribution is 2.25. The molecule has 0 heterocycles. The van der Waals surface area contributed by atoms with Crippen LogP contribution < -0.4 is 5.32 Å². The average Bonchev–Trinajstić information content (AvgIpc) is 2.83. The summed E-state index contributed by atoms with van der Waals surface area (Å²) in [6.07, 6.45) is 0.409. The van der Waals surface area contributed by atoms with Crippen LogP contribution in [0.1, 0.15) is 29.2 Å². The molecule has 0 bridgehead atoms. The predicted molar refractivity (Wildman–Crippen MR) is 147 cm³/mol. The molecule has 0 fully saturated rings. The van der Waals surface area contributed by atoms with Gasteiger partial charge < -0.3 is 10.2 Å². The molecule has 0 saturated heterocycles. The van der Waals surface area contributed by atoms with Crippen LogP contribution in [-0.2, 0) is 28.3 Å². The summed E-state index contributed by atoms with van der Waals surface area (Å²) in [4.78, 5) is 28.4. The summed E-state index contributed by atoms with van der Waals surface area (Å²) >= 11 is 14.1. The fourth-order valence-electron chi connectivity index (χ4n) is 3.82. The van der Waals surface area contributed by atoms with Crippen LogP contribution in [0.15, 0.2) is 72.8 Å². The third-order valence-corrected chi connectivity index (χ3v) is 7.13. The van der Waals surface area contributed by atoms with Crippen LogP contribution in [0.3, 0.4) is 0 Å². The van der Waals surface area contributed by atoms with E-state index in [1.807, 2.05) is 49.4 Å². The summed E-state index contributed by atoms with van der Waals surface area (Å²) in [7, 11) is 0. The minimum atomic E-state index is -0.670. The van der Waals surface area contributed by atoms with E-state index in [-0.39, 0.29) is 24.1 Å². The van der Waals surface area contributed by atoms with Crippen molar-refractivity contribution in [2.45, 2.75) is 38.6 Å². The molecule has 1 N–H and O–H groups in total. The Balaban J connectivity index is 1.85. The van der Waals surface area contributed by atoms with E-state index >= 15 is 0 Å². The zero-order valence-corrected chi connectivity index (χ0v) is 22.3. The number of amides is 2. The highest BCUT2D eigenvalue weighted by atomic mass is 35.5. The molecule has 3 aromatic carbocycles. The van der Waals surface area contributed by atoms with Crippen LogP contribution in [0.4, 0.5) is 0 Å². The first-order chi connectivity index (χ1) is 16.9. The van der Waals surface area contributed by atoms with Crippen LogP contribution in [0.2, 0.25) is 10.0 Å². The Bertz CT molecular complexity index is 1140. The number of carbonyl (C=O) groups excluding carboxylic acids is 2. The number of aryl methyl sites for hydroxylation is 1. The lowest BCUT2D eigenvalue weighted by atomic mass is 10.0. The summed E-state index contributed by atoms with van der Waals surface area (Å²) in [6.45, 7) is 4.62. The van der Waals surface area contributed by atoms with E-state index in [0.717, 1.165) is 11.1 Å². The Labute approximate surface area is 222 Å². The minimum Gasteiger partial charge on any atom is -0.355 e. The van der Waals surface area contributed by atoms with Gasteiger partial charge in [-0.2, -0.15) is 0 Å². The van der Waals surface area contributed by atoms with Crippen LogP contribution in [-0.4, -0.2) is 35.1 Å². The van der Waals surface area contributed by atoms with Crippen LogP contribution in [0, 0.1) is 6.92 Å². The molecule has 3 aromatic rings. The largest absolute Gasteiger partial charge is 0.355 e. The Morgan fingerprint density at radius 2 is 1.71 bits per heavy atom. The van der Waals surface area contributed by atoms with Crippen LogP contribution in [0.5, 0.6) is 0 Å². The number of hydrogen-bond donors (Lipinski definition) is 1. The van der Waals surface area contributed by atoms with Crippen molar-refractivity contribution >= 4 is 46.8 Å². The zero-order valence-electron chi connectivity index (χ0n) is 20.0. The van der Waals surface area contributed by atoms with Crippen molar-refractivity contribution in [1.82, 2.24) is 10.2 Å². The van der Waals surface area contributed by atoms with Crippen molar-refractivity contribution in [2.75, 3.05) is 12.3 Å². The molecular formula is C28H30Cl2N2O2S. The van der Waals surface area contributed by atoms with Crippen molar-refractivity contribution in [3.63, 3.8) is 0 Å². The molecule has 4 nitrogen and oxygen atoms in total. The van der Waals surface area contributed by atoms with Crippen molar-refractivity contribution < 1.29 is 9.59 Å². The zero-order chi connectivity index (χ0) is 25.2. The predicted octanol–water partition coefficient (Wildman–Crippen LogP) is 6.31. The fourth-order valence-corrected chi connectivity index (χ4v) is 5.15. The Morgan fingerprint density at radius 1 is 0.971 bits per heavy atom. The van der Waals surface area contributed by atoms with E-state index in [9.17, 15) is 9.59 Å². The number of rotatable bonds is 11. The first kappa shape index (κ1) is 27.1. The van der Waals surface area contributed by atoms with E-state index in [4.69, 9.17) is 23.2 Å². The van der Waals surface area contributed by atoms with Gasteiger partial charge in [-0.25, -0.2) is 0 Å². The second-order valence-corrected chi connectivity index (χ2v) is 10.2. The van der Waals surface area contributed by atoms with Crippen molar-refractivity contribution in [3.8, 4) is 0 Å². The van der Waals surface area contributed by atoms with Crippen molar-refractivity contribution in [1.29, 1.82) is 0 Å². The Kier molecular flexibility index (Phi) is 10.5. The van der Waals surface area contributed by atoms with Crippen molar-refractivity contribution in [3.05, 3.63) is 105 Å². The van der Waals surface area contributed by atoms with Gasteiger partial charge in [0.15, 0.2) is 0 Å². The highest BCUT2D eigenvalue weighted by molar-refractivity contribution is 7.99. The van der Waals surface area contributed by atoms with E-state index in [0.29, 0.717) is 28.8 Å². The van der Waals surface area contributed by atoms with Gasteiger partial charge in [0.25, 0.3) is 0 Å². The van der Waals surface area contributed by atoms with Gasteiger partial charge in [0.2, 0.25) is 11.8 Å². The van der Waals surface area contributed by atoms with Crippen molar-refractivity contribution in [2.24, 2.45) is 0 Å². The number of likely N-dealkylation sites (N-methyl/N-ethyl adjacent to an activating group) is 1. The summed E-state index contributed by atoms with van der Waals surface area (Å²) in [5.74, 6) is 0.677. The Hall–Kier alpha value is -2.47. The average molecular weight is 530 g/mol. The number of carbonyl (C=O) groups is 2. The third kappa shape index (κ3) is 8.31. The maximum Gasteiger partial charge on any atom is 0.243 e. The minimum absolute atomic E-state index is 0.110. The maximum absolute atomic E-state index is 13.6. The molecule has 0 saturated carbocycles. The van der Waals surface area contributed by atoms with Gasteiger partial charge in [0.1, 0.15) is 6.04 Å². The van der Waals surface area contributed by atoms with Gasteiger partial charge in [-0.3, -0.25) is 9.59 Å². The third-order valence-electron chi connectivity index (χ3n) is 5.55. The molecule has 0 aliphatic carbocycles. The van der Waals surface area contributed by atoms with Gasteiger partial charge in [-0.15, -0.1) is 11.8 Å². The number of benzene rings is 3. The molecular weight excluding hydrogens is 499 g/mol. The summed E-state index contributed by atoms with van der Waals surface area (Å²) in [5.41, 5.74) is 4.08. The standard InChI is InChI=1S/C28H30Cl2N2O2S/c1-3-31-28(34)26(15-21-9-5-4-6-10-21)32(17-23-12-13-24(29)16-25(23)30)27(33)19-35-18-22-11-7-8-20(2)14-22/h4-14,16,26H,3,15,17-19H2,1-2H3,(H,31,34). The van der Waals surface area contributed by atoms with E-state index in [1.165, 1.54) is 11.1 Å². The molecule has 1 atom stereocenters. The summed E-state index contributed by atoms with van der Waals surface area (Å²) in [5, 5.41) is 3.90. The molecule has 1 unspecified atom stereocenters. The lowest BCUT2D eigenvalue weighted by Crippen LogP contribution is -2.51. The van der Waals surface area contributed by atoms with Gasteiger partial charge in [-0.05, 0) is 42.7 Å². The molecule has 0 aliphatic heterocycles. The fraction of sp³-hybridized carbons (Fsp3) is 0.286. The second-order valence-electron chi connectivity index (χ2n) is 8.34. The molecule has 0 aliphatic rings. The van der Waals surface area contributed by atoms with E-state index in [1.54, 1.807) is 28.8 Å². The molecule has 184 valence electrons.